The Hall–Kier alpha value is -1.33. The molecule has 5 nitrogen and oxygen atoms in total. The Labute approximate surface area is 85.4 Å². The number of anilines is 1. The zero-order valence-electron chi connectivity index (χ0n) is 7.57. The molecule has 0 aliphatic heterocycles. The van der Waals surface area contributed by atoms with Gasteiger partial charge in [-0.2, -0.15) is 4.98 Å². The van der Waals surface area contributed by atoms with Crippen molar-refractivity contribution in [1.29, 1.82) is 0 Å². The fourth-order valence-electron chi connectivity index (χ4n) is 1.30. The zero-order valence-corrected chi connectivity index (χ0v) is 8.32. The first-order valence-corrected chi connectivity index (χ1v) is 4.38. The summed E-state index contributed by atoms with van der Waals surface area (Å²) >= 11 is 5.69. The average Bonchev–Trinajstić information content (AvgIpc) is 2.49. The molecule has 0 fully saturated rings. The number of ether oxygens (including phenoxy) is 1. The molecular weight excluding hydrogens is 204 g/mol. The van der Waals surface area contributed by atoms with Crippen LogP contribution >= 0.6 is 11.6 Å². The number of hydrogen-bond acceptors (Lipinski definition) is 4. The third kappa shape index (κ3) is 1.40. The minimum absolute atomic E-state index is 0.128. The minimum atomic E-state index is 0.128. The molecule has 2 heterocycles. The topological polar surface area (TPSA) is 65.4 Å². The molecule has 2 aromatic heterocycles. The van der Waals surface area contributed by atoms with Crippen molar-refractivity contribution in [3.05, 3.63) is 23.1 Å². The summed E-state index contributed by atoms with van der Waals surface area (Å²) in [4.78, 5) is 3.85. The van der Waals surface area contributed by atoms with Crippen molar-refractivity contribution < 1.29 is 4.74 Å². The first kappa shape index (κ1) is 9.23. The highest BCUT2D eigenvalue weighted by molar-refractivity contribution is 6.28. The molecular formula is C8H9ClN4O. The van der Waals surface area contributed by atoms with Crippen molar-refractivity contribution in [1.82, 2.24) is 14.6 Å². The Morgan fingerprint density at radius 1 is 1.57 bits per heavy atom. The van der Waals surface area contributed by atoms with Gasteiger partial charge in [-0.25, -0.2) is 4.52 Å². The van der Waals surface area contributed by atoms with E-state index >= 15 is 0 Å². The van der Waals surface area contributed by atoms with Gasteiger partial charge in [0.05, 0.1) is 12.3 Å². The number of nitrogen functional groups attached to an aromatic ring is 1. The Balaban J connectivity index is 2.66. The maximum Gasteiger partial charge on any atom is 0.243 e. The van der Waals surface area contributed by atoms with Crippen LogP contribution in [0.5, 0.6) is 0 Å². The molecule has 0 saturated heterocycles. The average molecular weight is 213 g/mol. The first-order chi connectivity index (χ1) is 6.72. The van der Waals surface area contributed by atoms with Crippen molar-refractivity contribution in [2.24, 2.45) is 0 Å². The molecule has 0 bridgehead atoms. The number of methoxy groups -OCH3 is 1. The van der Waals surface area contributed by atoms with E-state index in [0.717, 1.165) is 11.2 Å². The quantitative estimate of drug-likeness (QED) is 0.810. The van der Waals surface area contributed by atoms with Gasteiger partial charge in [-0.15, -0.1) is 5.10 Å². The molecule has 0 saturated carbocycles. The van der Waals surface area contributed by atoms with Crippen LogP contribution in [-0.2, 0) is 11.3 Å². The van der Waals surface area contributed by atoms with Gasteiger partial charge in [0, 0.05) is 7.11 Å². The molecule has 2 N–H and O–H groups in total. The number of halogens is 1. The summed E-state index contributed by atoms with van der Waals surface area (Å²) in [6, 6.07) is 3.71. The predicted octanol–water partition coefficient (Wildman–Crippen LogP) is 1.11. The summed E-state index contributed by atoms with van der Waals surface area (Å²) in [5.74, 6) is 0.368. The van der Waals surface area contributed by atoms with E-state index in [1.54, 1.807) is 11.6 Å². The number of fused-ring (bicyclic) bond motifs is 1. The highest BCUT2D eigenvalue weighted by atomic mass is 35.5. The van der Waals surface area contributed by atoms with E-state index in [4.69, 9.17) is 22.1 Å². The van der Waals surface area contributed by atoms with E-state index in [1.807, 2.05) is 12.1 Å². The molecule has 0 aliphatic carbocycles. The van der Waals surface area contributed by atoms with Gasteiger partial charge in [-0.1, -0.05) is 0 Å². The molecule has 0 aromatic carbocycles. The van der Waals surface area contributed by atoms with Crippen LogP contribution < -0.4 is 5.73 Å². The van der Waals surface area contributed by atoms with Crippen LogP contribution in [0.25, 0.3) is 5.52 Å². The second-order valence-corrected chi connectivity index (χ2v) is 3.16. The molecule has 0 amide bonds. The molecule has 2 rings (SSSR count). The third-order valence-corrected chi connectivity index (χ3v) is 2.04. The van der Waals surface area contributed by atoms with Crippen molar-refractivity contribution >= 4 is 22.9 Å². The summed E-state index contributed by atoms with van der Waals surface area (Å²) in [5, 5.41) is 4.15. The fourth-order valence-corrected chi connectivity index (χ4v) is 1.47. The van der Waals surface area contributed by atoms with Gasteiger partial charge in [0.25, 0.3) is 0 Å². The van der Waals surface area contributed by atoms with Crippen LogP contribution in [0.3, 0.4) is 0 Å². The summed E-state index contributed by atoms with van der Waals surface area (Å²) < 4.78 is 6.64. The van der Waals surface area contributed by atoms with Gasteiger partial charge in [0.15, 0.2) is 5.82 Å². The van der Waals surface area contributed by atoms with Gasteiger partial charge in [-0.3, -0.25) is 0 Å². The second-order valence-electron chi connectivity index (χ2n) is 2.82. The number of rotatable bonds is 2. The molecule has 0 atom stereocenters. The smallest absolute Gasteiger partial charge is 0.243 e. The minimum Gasteiger partial charge on any atom is -0.382 e. The summed E-state index contributed by atoms with van der Waals surface area (Å²) in [6.45, 7) is 0.459. The normalized spacial score (nSPS) is 11.0. The Bertz CT molecular complexity index is 468. The molecule has 0 aliphatic rings. The van der Waals surface area contributed by atoms with Gasteiger partial charge in [0.2, 0.25) is 5.28 Å². The fraction of sp³-hybridized carbons (Fsp3) is 0.250. The van der Waals surface area contributed by atoms with Gasteiger partial charge in [-0.05, 0) is 23.7 Å². The maximum absolute atomic E-state index is 5.69. The highest BCUT2D eigenvalue weighted by Crippen LogP contribution is 2.16. The molecule has 14 heavy (non-hydrogen) atoms. The van der Waals surface area contributed by atoms with Crippen molar-refractivity contribution in [3.8, 4) is 0 Å². The Kier molecular flexibility index (Phi) is 2.26. The highest BCUT2D eigenvalue weighted by Gasteiger charge is 2.07. The number of aromatic nitrogens is 3. The standard InChI is InChI=1S/C8H9ClN4O/c1-14-4-5-2-3-6-7(10)11-8(9)12-13(5)6/h2-3H,4H2,1H3,(H2,10,11,12). The number of hydrogen-bond donors (Lipinski definition) is 1. The van der Waals surface area contributed by atoms with E-state index in [2.05, 4.69) is 10.1 Å². The lowest BCUT2D eigenvalue weighted by atomic mass is 10.4. The van der Waals surface area contributed by atoms with Crippen LogP contribution in [0.1, 0.15) is 5.69 Å². The van der Waals surface area contributed by atoms with Gasteiger partial charge >= 0.3 is 0 Å². The van der Waals surface area contributed by atoms with Crippen LogP contribution in [0.4, 0.5) is 5.82 Å². The first-order valence-electron chi connectivity index (χ1n) is 4.01. The van der Waals surface area contributed by atoms with Crippen LogP contribution in [0.2, 0.25) is 5.28 Å². The Morgan fingerprint density at radius 2 is 2.36 bits per heavy atom. The van der Waals surface area contributed by atoms with Crippen LogP contribution in [-0.4, -0.2) is 21.7 Å². The molecule has 0 radical (unpaired) electrons. The molecule has 0 spiro atoms. The lowest BCUT2D eigenvalue weighted by molar-refractivity contribution is 0.180. The molecule has 6 heteroatoms. The maximum atomic E-state index is 5.69. The van der Waals surface area contributed by atoms with E-state index in [9.17, 15) is 0 Å². The SMILES string of the molecule is COCc1ccc2c(N)nc(Cl)nn12. The third-order valence-electron chi connectivity index (χ3n) is 1.88. The molecule has 2 aromatic rings. The van der Waals surface area contributed by atoms with Crippen molar-refractivity contribution in [2.45, 2.75) is 6.61 Å². The molecule has 74 valence electrons. The van der Waals surface area contributed by atoms with Gasteiger partial charge < -0.3 is 10.5 Å². The van der Waals surface area contributed by atoms with E-state index < -0.39 is 0 Å². The van der Waals surface area contributed by atoms with Crippen LogP contribution in [0, 0.1) is 0 Å². The van der Waals surface area contributed by atoms with Crippen molar-refractivity contribution in [3.63, 3.8) is 0 Å². The Morgan fingerprint density at radius 3 is 3.07 bits per heavy atom. The van der Waals surface area contributed by atoms with E-state index in [0.29, 0.717) is 12.4 Å². The number of nitrogens with zero attached hydrogens (tertiary/aromatic N) is 3. The van der Waals surface area contributed by atoms with Crippen molar-refractivity contribution in [2.75, 3.05) is 12.8 Å². The number of nitrogens with two attached hydrogens (primary N) is 1. The monoisotopic (exact) mass is 212 g/mol. The second kappa shape index (κ2) is 3.43. The molecule has 0 unspecified atom stereocenters. The largest absolute Gasteiger partial charge is 0.382 e. The van der Waals surface area contributed by atoms with E-state index in [1.165, 1.54) is 0 Å². The van der Waals surface area contributed by atoms with E-state index in [-0.39, 0.29) is 5.28 Å². The lowest BCUT2D eigenvalue weighted by Gasteiger charge is -2.02. The zero-order chi connectivity index (χ0) is 10.1. The lowest BCUT2D eigenvalue weighted by Crippen LogP contribution is -2.03. The predicted molar refractivity (Wildman–Crippen MR) is 53.1 cm³/mol. The van der Waals surface area contributed by atoms with Crippen LogP contribution in [0.15, 0.2) is 12.1 Å². The summed E-state index contributed by atoms with van der Waals surface area (Å²) in [5.41, 5.74) is 7.29. The van der Waals surface area contributed by atoms with Gasteiger partial charge in [0.1, 0.15) is 5.52 Å². The summed E-state index contributed by atoms with van der Waals surface area (Å²) in [7, 11) is 1.62. The summed E-state index contributed by atoms with van der Waals surface area (Å²) in [6.07, 6.45) is 0.